The van der Waals surface area contributed by atoms with Crippen LogP contribution in [0, 0.1) is 0 Å². The molecule has 1 aromatic heterocycles. The number of rotatable bonds is 8. The fourth-order valence-electron chi connectivity index (χ4n) is 9.66. The van der Waals surface area contributed by atoms with Crippen LogP contribution < -0.4 is 4.90 Å². The molecular formula is C62H42N2. The Morgan fingerprint density at radius 1 is 0.266 bits per heavy atom. The maximum Gasteiger partial charge on any atom is 0.0547 e. The summed E-state index contributed by atoms with van der Waals surface area (Å²) < 4.78 is 2.39. The smallest absolute Gasteiger partial charge is 0.0547 e. The van der Waals surface area contributed by atoms with Gasteiger partial charge in [0.2, 0.25) is 0 Å². The van der Waals surface area contributed by atoms with Gasteiger partial charge in [0.15, 0.2) is 0 Å². The second-order valence-electron chi connectivity index (χ2n) is 16.5. The highest BCUT2D eigenvalue weighted by molar-refractivity contribution is 6.16. The molecule has 12 aromatic rings. The highest BCUT2D eigenvalue weighted by atomic mass is 15.1. The van der Waals surface area contributed by atoms with Gasteiger partial charge in [0.05, 0.1) is 11.0 Å². The SMILES string of the molecule is c1ccc(-c2ccc(-c3ccc(N(c4ccc(-c5ccc6c(ccc7ccccc76)c5)cc4)c4cccc(-c5cccc6c5c5ccccc5n6-c5ccccc5)c4)cc3)cc2)cc1. The number of hydrogen-bond donors (Lipinski definition) is 0. The lowest BCUT2D eigenvalue weighted by Crippen LogP contribution is -2.10. The van der Waals surface area contributed by atoms with Crippen LogP contribution in [0.3, 0.4) is 0 Å². The van der Waals surface area contributed by atoms with Crippen molar-refractivity contribution in [3.63, 3.8) is 0 Å². The number of aromatic nitrogens is 1. The monoisotopic (exact) mass is 814 g/mol. The standard InChI is InChI=1S/C62H42N2/c1-3-13-43(14-4-1)44-25-27-45(28-26-44)46-31-36-53(37-32-46)63(54-38-33-47(34-39-54)49-35-40-57-51(41-49)30-29-48-15-7-8-20-56(48)57)55-19-11-16-50(42-55)58-22-12-24-61-62(58)59-21-9-10-23-60(59)64(61)52-17-5-2-6-18-52/h1-42H. The molecular weight excluding hydrogens is 773 g/mol. The van der Waals surface area contributed by atoms with Gasteiger partial charge in [-0.25, -0.2) is 0 Å². The lowest BCUT2D eigenvalue weighted by molar-refractivity contribution is 1.18. The molecule has 0 saturated heterocycles. The normalized spacial score (nSPS) is 11.4. The number of anilines is 3. The molecule has 0 unspecified atom stereocenters. The molecule has 12 rings (SSSR count). The summed E-state index contributed by atoms with van der Waals surface area (Å²) in [5.41, 5.74) is 16.4. The lowest BCUT2D eigenvalue weighted by atomic mass is 9.97. The van der Waals surface area contributed by atoms with Crippen LogP contribution in [0.15, 0.2) is 255 Å². The first kappa shape index (κ1) is 37.3. The molecule has 300 valence electrons. The summed E-state index contributed by atoms with van der Waals surface area (Å²) in [5, 5.41) is 7.56. The predicted octanol–water partition coefficient (Wildman–Crippen LogP) is 17.2. The maximum atomic E-state index is 2.39. The van der Waals surface area contributed by atoms with E-state index in [0.29, 0.717) is 0 Å². The third kappa shape index (κ3) is 6.61. The van der Waals surface area contributed by atoms with Gasteiger partial charge < -0.3 is 9.47 Å². The van der Waals surface area contributed by atoms with Gasteiger partial charge in [-0.3, -0.25) is 0 Å². The van der Waals surface area contributed by atoms with E-state index in [-0.39, 0.29) is 0 Å². The fraction of sp³-hybridized carbons (Fsp3) is 0. The van der Waals surface area contributed by atoms with Gasteiger partial charge in [-0.1, -0.05) is 188 Å². The van der Waals surface area contributed by atoms with E-state index in [4.69, 9.17) is 0 Å². The first-order chi connectivity index (χ1) is 31.7. The van der Waals surface area contributed by atoms with Gasteiger partial charge in [-0.05, 0) is 133 Å². The Morgan fingerprint density at radius 2 is 0.766 bits per heavy atom. The predicted molar refractivity (Wildman–Crippen MR) is 272 cm³/mol. The molecule has 0 aliphatic heterocycles. The number of nitrogens with zero attached hydrogens (tertiary/aromatic N) is 2. The zero-order valence-electron chi connectivity index (χ0n) is 35.1. The summed E-state index contributed by atoms with van der Waals surface area (Å²) in [5.74, 6) is 0. The first-order valence-electron chi connectivity index (χ1n) is 22.0. The first-order valence-corrected chi connectivity index (χ1v) is 22.0. The quantitative estimate of drug-likeness (QED) is 0.139. The summed E-state index contributed by atoms with van der Waals surface area (Å²) in [6, 6.07) is 92.6. The van der Waals surface area contributed by atoms with Crippen LogP contribution in [0.2, 0.25) is 0 Å². The van der Waals surface area contributed by atoms with Crippen LogP contribution >= 0.6 is 0 Å². The van der Waals surface area contributed by atoms with Gasteiger partial charge in [-0.2, -0.15) is 0 Å². The van der Waals surface area contributed by atoms with Crippen LogP contribution in [-0.2, 0) is 0 Å². The van der Waals surface area contributed by atoms with Gasteiger partial charge in [-0.15, -0.1) is 0 Å². The second kappa shape index (κ2) is 15.8. The molecule has 0 atom stereocenters. The molecule has 0 fully saturated rings. The molecule has 0 aliphatic rings. The summed E-state index contributed by atoms with van der Waals surface area (Å²) >= 11 is 0. The Balaban J connectivity index is 0.956. The third-order valence-electron chi connectivity index (χ3n) is 12.8. The fourth-order valence-corrected chi connectivity index (χ4v) is 9.66. The molecule has 1 heterocycles. The highest BCUT2D eigenvalue weighted by Crippen LogP contribution is 2.42. The zero-order valence-corrected chi connectivity index (χ0v) is 35.1. The number of fused-ring (bicyclic) bond motifs is 6. The molecule has 0 aliphatic carbocycles. The van der Waals surface area contributed by atoms with Crippen molar-refractivity contribution < 1.29 is 0 Å². The number of benzene rings is 11. The minimum Gasteiger partial charge on any atom is -0.310 e. The van der Waals surface area contributed by atoms with E-state index in [0.717, 1.165) is 22.7 Å². The molecule has 0 radical (unpaired) electrons. The van der Waals surface area contributed by atoms with Crippen LogP contribution in [-0.4, -0.2) is 4.57 Å². The van der Waals surface area contributed by atoms with Crippen molar-refractivity contribution in [1.29, 1.82) is 0 Å². The molecule has 2 nitrogen and oxygen atoms in total. The maximum absolute atomic E-state index is 2.39. The van der Waals surface area contributed by atoms with Gasteiger partial charge in [0.1, 0.15) is 0 Å². The largest absolute Gasteiger partial charge is 0.310 e. The van der Waals surface area contributed by atoms with Crippen molar-refractivity contribution in [3.05, 3.63) is 255 Å². The van der Waals surface area contributed by atoms with E-state index in [1.807, 2.05) is 0 Å². The van der Waals surface area contributed by atoms with Gasteiger partial charge >= 0.3 is 0 Å². The van der Waals surface area contributed by atoms with Crippen molar-refractivity contribution in [2.45, 2.75) is 0 Å². The van der Waals surface area contributed by atoms with E-state index >= 15 is 0 Å². The average molecular weight is 815 g/mol. The van der Waals surface area contributed by atoms with E-state index in [1.165, 1.54) is 87.9 Å². The van der Waals surface area contributed by atoms with Crippen molar-refractivity contribution >= 4 is 60.4 Å². The van der Waals surface area contributed by atoms with Gasteiger partial charge in [0.25, 0.3) is 0 Å². The molecule has 0 N–H and O–H groups in total. The van der Waals surface area contributed by atoms with E-state index in [1.54, 1.807) is 0 Å². The molecule has 0 bridgehead atoms. The summed E-state index contributed by atoms with van der Waals surface area (Å²) in [6.07, 6.45) is 0. The topological polar surface area (TPSA) is 8.17 Å². The van der Waals surface area contributed by atoms with Crippen LogP contribution in [0.25, 0.3) is 93.5 Å². The minimum absolute atomic E-state index is 1.09. The van der Waals surface area contributed by atoms with Crippen molar-refractivity contribution in [2.24, 2.45) is 0 Å². The Labute approximate surface area is 373 Å². The summed E-state index contributed by atoms with van der Waals surface area (Å²) in [6.45, 7) is 0. The van der Waals surface area contributed by atoms with Crippen molar-refractivity contribution in [1.82, 2.24) is 4.57 Å². The number of hydrogen-bond acceptors (Lipinski definition) is 1. The molecule has 2 heteroatoms. The number of para-hydroxylation sites is 2. The Hall–Kier alpha value is -8.46. The molecule has 0 saturated carbocycles. The van der Waals surface area contributed by atoms with Crippen molar-refractivity contribution in [3.8, 4) is 50.2 Å². The molecule has 11 aromatic carbocycles. The third-order valence-corrected chi connectivity index (χ3v) is 12.8. The molecule has 0 spiro atoms. The highest BCUT2D eigenvalue weighted by Gasteiger charge is 2.19. The molecule has 0 amide bonds. The lowest BCUT2D eigenvalue weighted by Gasteiger charge is -2.26. The van der Waals surface area contributed by atoms with Crippen LogP contribution in [0.4, 0.5) is 17.1 Å². The molecule has 64 heavy (non-hydrogen) atoms. The van der Waals surface area contributed by atoms with Crippen molar-refractivity contribution in [2.75, 3.05) is 4.90 Å². The Kier molecular flexibility index (Phi) is 9.20. The average Bonchev–Trinajstić information content (AvgIpc) is 3.72. The minimum atomic E-state index is 1.09. The summed E-state index contributed by atoms with van der Waals surface area (Å²) in [7, 11) is 0. The Morgan fingerprint density at radius 3 is 1.48 bits per heavy atom. The Bertz CT molecular complexity index is 3620. The van der Waals surface area contributed by atoms with E-state index in [9.17, 15) is 0 Å². The van der Waals surface area contributed by atoms with E-state index in [2.05, 4.69) is 264 Å². The van der Waals surface area contributed by atoms with Crippen LogP contribution in [0.5, 0.6) is 0 Å². The van der Waals surface area contributed by atoms with E-state index < -0.39 is 0 Å². The second-order valence-corrected chi connectivity index (χ2v) is 16.5. The zero-order chi connectivity index (χ0) is 42.4. The van der Waals surface area contributed by atoms with Gasteiger partial charge in [0, 0.05) is 33.5 Å². The summed E-state index contributed by atoms with van der Waals surface area (Å²) in [4.78, 5) is 2.38. The van der Waals surface area contributed by atoms with Crippen LogP contribution in [0.1, 0.15) is 0 Å².